The van der Waals surface area contributed by atoms with E-state index < -0.39 is 5.60 Å². The van der Waals surface area contributed by atoms with Crippen molar-refractivity contribution in [2.24, 2.45) is 5.92 Å². The molecule has 3 rings (SSSR count). The van der Waals surface area contributed by atoms with Crippen LogP contribution in [0, 0.1) is 5.92 Å². The number of amides is 1. The zero-order valence-electron chi connectivity index (χ0n) is 17.6. The van der Waals surface area contributed by atoms with Gasteiger partial charge in [-0.2, -0.15) is 0 Å². The minimum absolute atomic E-state index is 0.227. The van der Waals surface area contributed by atoms with Gasteiger partial charge in [0.25, 0.3) is 0 Å². The van der Waals surface area contributed by atoms with Gasteiger partial charge in [-0.05, 0) is 70.5 Å². The van der Waals surface area contributed by atoms with Gasteiger partial charge in [-0.3, -0.25) is 9.80 Å². The Kier molecular flexibility index (Phi) is 6.09. The van der Waals surface area contributed by atoms with Gasteiger partial charge in [-0.1, -0.05) is 26.3 Å². The molecule has 150 valence electrons. The van der Waals surface area contributed by atoms with E-state index in [0.29, 0.717) is 17.8 Å². The van der Waals surface area contributed by atoms with Crippen LogP contribution in [0.15, 0.2) is 18.3 Å². The number of rotatable bonds is 5. The highest BCUT2D eigenvalue weighted by Crippen LogP contribution is 2.35. The summed E-state index contributed by atoms with van der Waals surface area (Å²) >= 11 is 0. The number of ether oxygens (including phenoxy) is 1. The van der Waals surface area contributed by atoms with Crippen molar-refractivity contribution in [2.75, 3.05) is 18.0 Å². The molecule has 5 heteroatoms. The van der Waals surface area contributed by atoms with Gasteiger partial charge in [0, 0.05) is 24.8 Å². The third-order valence-electron chi connectivity index (χ3n) is 5.12. The van der Waals surface area contributed by atoms with Crippen molar-refractivity contribution in [2.45, 2.75) is 84.4 Å². The molecule has 1 atom stereocenters. The number of piperidine rings is 1. The van der Waals surface area contributed by atoms with Crippen molar-refractivity contribution in [3.05, 3.63) is 23.9 Å². The highest BCUT2D eigenvalue weighted by molar-refractivity contribution is 5.88. The molecule has 0 spiro atoms. The fourth-order valence-corrected chi connectivity index (χ4v) is 3.87. The number of nitrogens with zero attached hydrogens (tertiary/aromatic N) is 3. The lowest BCUT2D eigenvalue weighted by atomic mass is 9.95. The van der Waals surface area contributed by atoms with E-state index in [1.54, 1.807) is 4.90 Å². The second-order valence-corrected chi connectivity index (χ2v) is 9.43. The monoisotopic (exact) mass is 373 g/mol. The van der Waals surface area contributed by atoms with Crippen LogP contribution in [-0.2, 0) is 4.74 Å². The normalized spacial score (nSPS) is 21.3. The quantitative estimate of drug-likeness (QED) is 0.714. The predicted molar refractivity (Wildman–Crippen MR) is 109 cm³/mol. The summed E-state index contributed by atoms with van der Waals surface area (Å²) in [4.78, 5) is 21.7. The van der Waals surface area contributed by atoms with Gasteiger partial charge in [-0.25, -0.2) is 9.78 Å². The van der Waals surface area contributed by atoms with Crippen LogP contribution in [0.5, 0.6) is 0 Å². The molecule has 0 N–H and O–H groups in total. The average molecular weight is 374 g/mol. The van der Waals surface area contributed by atoms with Crippen molar-refractivity contribution in [3.63, 3.8) is 0 Å². The van der Waals surface area contributed by atoms with E-state index in [-0.39, 0.29) is 12.1 Å². The lowest BCUT2D eigenvalue weighted by Gasteiger charge is -2.37. The molecule has 0 radical (unpaired) electrons. The van der Waals surface area contributed by atoms with Crippen LogP contribution in [0.1, 0.15) is 78.3 Å². The highest BCUT2D eigenvalue weighted by Gasteiger charge is 2.37. The molecule has 2 aliphatic rings. The Morgan fingerprint density at radius 3 is 2.56 bits per heavy atom. The summed E-state index contributed by atoms with van der Waals surface area (Å²) in [7, 11) is 0. The van der Waals surface area contributed by atoms with Crippen molar-refractivity contribution in [3.8, 4) is 0 Å². The number of carbonyl (C=O) groups is 1. The van der Waals surface area contributed by atoms with Gasteiger partial charge >= 0.3 is 6.09 Å². The summed E-state index contributed by atoms with van der Waals surface area (Å²) in [5.74, 6) is 1.37. The first kappa shape index (κ1) is 20.1. The first-order valence-electron chi connectivity index (χ1n) is 10.5. The average Bonchev–Trinajstić information content (AvgIpc) is 3.39. The molecule has 2 fully saturated rings. The van der Waals surface area contributed by atoms with Gasteiger partial charge in [0.05, 0.1) is 0 Å². The Morgan fingerprint density at radius 1 is 1.26 bits per heavy atom. The van der Waals surface area contributed by atoms with E-state index in [1.807, 2.05) is 33.0 Å². The third-order valence-corrected chi connectivity index (χ3v) is 5.12. The van der Waals surface area contributed by atoms with E-state index >= 15 is 0 Å². The van der Waals surface area contributed by atoms with Crippen molar-refractivity contribution >= 4 is 11.9 Å². The number of likely N-dealkylation sites (tertiary alicyclic amines) is 1. The summed E-state index contributed by atoms with van der Waals surface area (Å²) in [5.41, 5.74) is 0.767. The number of pyridine rings is 1. The molecule has 1 aromatic heterocycles. The second kappa shape index (κ2) is 8.17. The first-order chi connectivity index (χ1) is 12.7. The smallest absolute Gasteiger partial charge is 0.416 e. The number of hydrogen-bond acceptors (Lipinski definition) is 4. The Labute approximate surface area is 164 Å². The van der Waals surface area contributed by atoms with Crippen LogP contribution >= 0.6 is 0 Å². The summed E-state index contributed by atoms with van der Waals surface area (Å²) < 4.78 is 5.60. The highest BCUT2D eigenvalue weighted by atomic mass is 16.6. The Balaban J connectivity index is 1.75. The number of carbonyl (C=O) groups excluding carboxylic acids is 1. The molecule has 2 heterocycles. The maximum Gasteiger partial charge on any atom is 0.416 e. The van der Waals surface area contributed by atoms with E-state index in [2.05, 4.69) is 29.8 Å². The molecule has 1 saturated carbocycles. The summed E-state index contributed by atoms with van der Waals surface area (Å²) in [6.45, 7) is 12.6. The van der Waals surface area contributed by atoms with Gasteiger partial charge in [-0.15, -0.1) is 0 Å². The van der Waals surface area contributed by atoms with Crippen LogP contribution < -0.4 is 4.90 Å². The van der Waals surface area contributed by atoms with E-state index in [0.717, 1.165) is 25.9 Å². The minimum Gasteiger partial charge on any atom is -0.443 e. The fraction of sp³-hybridized carbons (Fsp3) is 0.727. The van der Waals surface area contributed by atoms with Gasteiger partial charge in [0.1, 0.15) is 11.4 Å². The SMILES string of the molecule is CC(C)CN1CCCC[C@H]1c1ccc(N(C(=O)OC(C)(C)C)C2CC2)nc1. The molecule has 27 heavy (non-hydrogen) atoms. The van der Waals surface area contributed by atoms with Crippen molar-refractivity contribution in [1.29, 1.82) is 0 Å². The topological polar surface area (TPSA) is 45.7 Å². The van der Waals surface area contributed by atoms with Crippen molar-refractivity contribution in [1.82, 2.24) is 9.88 Å². The number of hydrogen-bond donors (Lipinski definition) is 0. The zero-order valence-corrected chi connectivity index (χ0v) is 17.6. The van der Waals surface area contributed by atoms with Gasteiger partial charge in [0.2, 0.25) is 0 Å². The summed E-state index contributed by atoms with van der Waals surface area (Å²) in [5, 5.41) is 0. The number of anilines is 1. The van der Waals surface area contributed by atoms with Crippen LogP contribution in [-0.4, -0.2) is 40.7 Å². The Morgan fingerprint density at radius 2 is 2.00 bits per heavy atom. The molecule has 1 aromatic rings. The lowest BCUT2D eigenvalue weighted by Crippen LogP contribution is -2.39. The van der Waals surface area contributed by atoms with E-state index in [4.69, 9.17) is 4.74 Å². The Hall–Kier alpha value is -1.62. The largest absolute Gasteiger partial charge is 0.443 e. The molecular formula is C22H35N3O2. The van der Waals surface area contributed by atoms with E-state index in [9.17, 15) is 4.79 Å². The molecule has 5 nitrogen and oxygen atoms in total. The zero-order chi connectivity index (χ0) is 19.6. The van der Waals surface area contributed by atoms with Crippen molar-refractivity contribution < 1.29 is 9.53 Å². The van der Waals surface area contributed by atoms with Gasteiger partial charge < -0.3 is 4.74 Å². The Bertz CT molecular complexity index is 632. The molecule has 0 aromatic carbocycles. The minimum atomic E-state index is -0.496. The van der Waals surface area contributed by atoms with Crippen LogP contribution in [0.4, 0.5) is 10.6 Å². The fourth-order valence-electron chi connectivity index (χ4n) is 3.87. The molecule has 1 aliphatic carbocycles. The number of aromatic nitrogens is 1. The molecule has 1 saturated heterocycles. The maximum absolute atomic E-state index is 12.7. The maximum atomic E-state index is 12.7. The molecule has 1 aliphatic heterocycles. The molecule has 0 bridgehead atoms. The third kappa shape index (κ3) is 5.44. The first-order valence-corrected chi connectivity index (χ1v) is 10.5. The molecular weight excluding hydrogens is 338 g/mol. The van der Waals surface area contributed by atoms with E-state index in [1.165, 1.54) is 24.8 Å². The van der Waals surface area contributed by atoms with Crippen LogP contribution in [0.2, 0.25) is 0 Å². The predicted octanol–water partition coefficient (Wildman–Crippen LogP) is 5.17. The second-order valence-electron chi connectivity index (χ2n) is 9.43. The lowest BCUT2D eigenvalue weighted by molar-refractivity contribution is 0.0576. The van der Waals surface area contributed by atoms with Crippen LogP contribution in [0.3, 0.4) is 0 Å². The standard InChI is InChI=1S/C22H35N3O2/c1-16(2)15-24-13-7-6-8-19(24)17-9-12-20(23-14-17)25(18-10-11-18)21(26)27-22(3,4)5/h9,12,14,16,18-19H,6-8,10-11,13,15H2,1-5H3/t19-/m0/s1. The summed E-state index contributed by atoms with van der Waals surface area (Å²) in [6.07, 6.45) is 7.46. The molecule has 1 amide bonds. The van der Waals surface area contributed by atoms with Crippen LogP contribution in [0.25, 0.3) is 0 Å². The molecule has 0 unspecified atom stereocenters. The summed E-state index contributed by atoms with van der Waals surface area (Å²) in [6, 6.07) is 4.83. The van der Waals surface area contributed by atoms with Gasteiger partial charge in [0.15, 0.2) is 0 Å².